The van der Waals surface area contributed by atoms with Crippen LogP contribution in [0.15, 0.2) is 29.2 Å². The molecule has 2 rings (SSSR count). The van der Waals surface area contributed by atoms with Crippen LogP contribution in [0.5, 0.6) is 0 Å². The van der Waals surface area contributed by atoms with Crippen molar-refractivity contribution in [2.24, 2.45) is 0 Å². The number of benzene rings is 1. The van der Waals surface area contributed by atoms with Gasteiger partial charge in [-0.3, -0.25) is 0 Å². The van der Waals surface area contributed by atoms with E-state index in [9.17, 15) is 31.7 Å². The van der Waals surface area contributed by atoms with Crippen LogP contribution in [0.2, 0.25) is 6.82 Å². The molecule has 0 aromatic heterocycles. The van der Waals surface area contributed by atoms with Gasteiger partial charge < -0.3 is 14.9 Å². The first-order valence-corrected chi connectivity index (χ1v) is 9.56. The molecule has 11 heteroatoms. The summed E-state index contributed by atoms with van der Waals surface area (Å²) in [7, 11) is -4.58. The van der Waals surface area contributed by atoms with Gasteiger partial charge in [0.25, 0.3) is 0 Å². The van der Waals surface area contributed by atoms with Crippen LogP contribution in [-0.4, -0.2) is 66.6 Å². The molecule has 0 saturated carbocycles. The van der Waals surface area contributed by atoms with Crippen LogP contribution in [0.1, 0.15) is 19.4 Å². The van der Waals surface area contributed by atoms with Gasteiger partial charge >= 0.3 is 13.2 Å². The maximum Gasteiger partial charge on any atom is 0.421 e. The number of alkyl halides is 3. The molecule has 1 unspecified atom stereocenters. The number of nitrogens with zero attached hydrogens (tertiary/aromatic N) is 2. The highest BCUT2D eigenvalue weighted by molar-refractivity contribution is 7.89. The third-order valence-electron chi connectivity index (χ3n) is 4.70. The summed E-state index contributed by atoms with van der Waals surface area (Å²) in [5.74, 6) is 0. The van der Waals surface area contributed by atoms with E-state index in [4.69, 9.17) is 0 Å². The summed E-state index contributed by atoms with van der Waals surface area (Å²) in [5, 5.41) is 19.3. The van der Waals surface area contributed by atoms with E-state index >= 15 is 0 Å². The zero-order chi connectivity index (χ0) is 19.9. The minimum absolute atomic E-state index is 0.142. The van der Waals surface area contributed by atoms with Crippen molar-refractivity contribution in [2.75, 3.05) is 19.6 Å². The zero-order valence-corrected chi connectivity index (χ0v) is 15.5. The number of aliphatic hydroxyl groups is 1. The van der Waals surface area contributed by atoms with E-state index in [1.165, 1.54) is 4.31 Å². The fourth-order valence-electron chi connectivity index (χ4n) is 2.92. The highest BCUT2D eigenvalue weighted by Crippen LogP contribution is 2.38. The van der Waals surface area contributed by atoms with Crippen molar-refractivity contribution in [3.8, 4) is 0 Å². The van der Waals surface area contributed by atoms with Crippen LogP contribution in [-0.2, 0) is 15.6 Å². The third-order valence-corrected chi connectivity index (χ3v) is 6.73. The molecule has 1 heterocycles. The van der Waals surface area contributed by atoms with Crippen molar-refractivity contribution in [1.29, 1.82) is 0 Å². The molecule has 0 aliphatic carbocycles. The molecule has 2 N–H and O–H groups in total. The largest absolute Gasteiger partial charge is 0.437 e. The summed E-state index contributed by atoms with van der Waals surface area (Å²) < 4.78 is 65.5. The Bertz CT molecular complexity index is 738. The smallest absolute Gasteiger partial charge is 0.421 e. The molecule has 0 radical (unpaired) electrons. The minimum Gasteiger partial charge on any atom is -0.437 e. The quantitative estimate of drug-likeness (QED) is 0.752. The number of hydrogen-bond acceptors (Lipinski definition) is 5. The molecule has 0 bridgehead atoms. The van der Waals surface area contributed by atoms with Crippen molar-refractivity contribution >= 4 is 17.1 Å². The van der Waals surface area contributed by atoms with Crippen LogP contribution >= 0.6 is 0 Å². The van der Waals surface area contributed by atoms with E-state index in [1.54, 1.807) is 18.6 Å². The minimum atomic E-state index is -4.88. The average Bonchev–Trinajstić information content (AvgIpc) is 2.53. The van der Waals surface area contributed by atoms with Crippen LogP contribution in [0, 0.1) is 0 Å². The first kappa shape index (κ1) is 21.2. The molecule has 6 nitrogen and oxygen atoms in total. The van der Waals surface area contributed by atoms with Crippen LogP contribution in [0.25, 0.3) is 0 Å². The number of piperazine rings is 1. The number of hydrogen-bond donors (Lipinski definition) is 2. The van der Waals surface area contributed by atoms with Crippen LogP contribution < -0.4 is 0 Å². The molecular weight excluding hydrogens is 372 g/mol. The van der Waals surface area contributed by atoms with Gasteiger partial charge in [-0.25, -0.2) is 8.42 Å². The van der Waals surface area contributed by atoms with E-state index in [0.717, 1.165) is 24.3 Å². The first-order valence-electron chi connectivity index (χ1n) is 8.12. The summed E-state index contributed by atoms with van der Waals surface area (Å²) in [5.41, 5.74) is -3.50. The van der Waals surface area contributed by atoms with Crippen molar-refractivity contribution in [2.45, 2.75) is 43.4 Å². The summed E-state index contributed by atoms with van der Waals surface area (Å²) in [6, 6.07) is 3.67. The van der Waals surface area contributed by atoms with E-state index in [2.05, 4.69) is 0 Å². The van der Waals surface area contributed by atoms with Crippen LogP contribution in [0.3, 0.4) is 0 Å². The Morgan fingerprint density at radius 3 is 2.15 bits per heavy atom. The Labute approximate surface area is 151 Å². The van der Waals surface area contributed by atoms with E-state index in [0.29, 0.717) is 20.0 Å². The van der Waals surface area contributed by atoms with Gasteiger partial charge in [-0.2, -0.15) is 17.5 Å². The molecule has 1 fully saturated rings. The molecule has 146 valence electrons. The Hall–Kier alpha value is -1.14. The second-order valence-electron chi connectivity index (χ2n) is 6.69. The van der Waals surface area contributed by atoms with Gasteiger partial charge in [-0.1, -0.05) is 12.1 Å². The predicted octanol–water partition coefficient (Wildman–Crippen LogP) is 1.26. The lowest BCUT2D eigenvalue weighted by Gasteiger charge is -2.39. The Morgan fingerprint density at radius 1 is 1.19 bits per heavy atom. The lowest BCUT2D eigenvalue weighted by molar-refractivity contribution is -0.258. The third kappa shape index (κ3) is 3.91. The van der Waals surface area contributed by atoms with Gasteiger partial charge in [0.05, 0.1) is 4.90 Å². The number of halogens is 3. The van der Waals surface area contributed by atoms with Crippen molar-refractivity contribution in [3.05, 3.63) is 29.8 Å². The highest BCUT2D eigenvalue weighted by atomic mass is 32.2. The summed E-state index contributed by atoms with van der Waals surface area (Å²) in [4.78, 5) is 1.59. The Kier molecular flexibility index (Phi) is 5.80. The van der Waals surface area contributed by atoms with Gasteiger partial charge in [-0.15, -0.1) is 0 Å². The molecule has 1 saturated heterocycles. The van der Waals surface area contributed by atoms with Gasteiger partial charge in [0, 0.05) is 25.7 Å². The Balaban J connectivity index is 2.25. The SMILES string of the molecule is CB(O)N1CCN(S(=O)(=O)c2ccc(C(C)(O)C(F)(F)F)cc2)[C@H](C)C1. The summed E-state index contributed by atoms with van der Waals surface area (Å²) in [6.45, 7) is 4.78. The fraction of sp³-hybridized carbons (Fsp3) is 0.600. The van der Waals surface area contributed by atoms with Crippen molar-refractivity contribution in [1.82, 2.24) is 9.12 Å². The maximum absolute atomic E-state index is 12.9. The fourth-order valence-corrected chi connectivity index (χ4v) is 4.53. The standard InChI is InChI=1S/C15H22BF3N2O4S/c1-11-10-20(16(3)23)8-9-21(11)26(24,25)13-6-4-12(5-7-13)14(2,22)15(17,18)19/h4-7,11,22-23H,8-10H2,1-3H3/t11-,14?/m1/s1. The Morgan fingerprint density at radius 2 is 1.73 bits per heavy atom. The van der Waals surface area contributed by atoms with E-state index < -0.39 is 40.5 Å². The maximum atomic E-state index is 12.9. The lowest BCUT2D eigenvalue weighted by atomic mass is 9.84. The van der Waals surface area contributed by atoms with E-state index in [1.807, 2.05) is 0 Å². The molecular formula is C15H22BF3N2O4S. The van der Waals surface area contributed by atoms with Gasteiger partial charge in [0.15, 0.2) is 5.60 Å². The molecule has 1 aliphatic rings. The zero-order valence-electron chi connectivity index (χ0n) is 14.7. The second kappa shape index (κ2) is 7.12. The second-order valence-corrected chi connectivity index (χ2v) is 8.58. The molecule has 1 aromatic carbocycles. The van der Waals surface area contributed by atoms with Crippen molar-refractivity contribution in [3.63, 3.8) is 0 Å². The van der Waals surface area contributed by atoms with E-state index in [-0.39, 0.29) is 11.4 Å². The predicted molar refractivity (Wildman–Crippen MR) is 90.8 cm³/mol. The molecule has 1 aromatic rings. The molecule has 1 aliphatic heterocycles. The normalized spacial score (nSPS) is 22.8. The van der Waals surface area contributed by atoms with Crippen LogP contribution in [0.4, 0.5) is 13.2 Å². The highest BCUT2D eigenvalue weighted by Gasteiger charge is 2.51. The summed E-state index contributed by atoms with van der Waals surface area (Å²) in [6.07, 6.45) is -4.88. The molecule has 0 spiro atoms. The first-order chi connectivity index (χ1) is 11.8. The average molecular weight is 394 g/mol. The van der Waals surface area contributed by atoms with Gasteiger partial charge in [0.2, 0.25) is 10.0 Å². The molecule has 0 amide bonds. The molecule has 2 atom stereocenters. The van der Waals surface area contributed by atoms with Gasteiger partial charge in [-0.05, 0) is 38.4 Å². The topological polar surface area (TPSA) is 81.1 Å². The monoisotopic (exact) mass is 394 g/mol. The number of sulfonamides is 1. The summed E-state index contributed by atoms with van der Waals surface area (Å²) >= 11 is 0. The molecule has 26 heavy (non-hydrogen) atoms. The number of rotatable bonds is 4. The lowest BCUT2D eigenvalue weighted by Crippen LogP contribution is -2.57. The van der Waals surface area contributed by atoms with Crippen molar-refractivity contribution < 1.29 is 31.7 Å². The van der Waals surface area contributed by atoms with Gasteiger partial charge in [0.1, 0.15) is 0 Å².